The highest BCUT2D eigenvalue weighted by atomic mass is 16.6. The number of anilines is 1. The van der Waals surface area contributed by atoms with Gasteiger partial charge in [-0.1, -0.05) is 0 Å². The SMILES string of the molecule is [2H]C([2H])([2H])n1nc2nc(N3CCC(Oc4ccc5c(c4)OC([2H])([2H])C([2H])([2H])O5)CC3)c(C)c(C)n2c1=O. The monoisotopic (exact) mass is 418 g/mol. The molecule has 0 radical (unpaired) electrons. The minimum Gasteiger partial charge on any atom is -0.490 e. The molecule has 4 heterocycles. The average molecular weight is 419 g/mol. The molecule has 9 heteroatoms. The van der Waals surface area contributed by atoms with Gasteiger partial charge in [0.25, 0.3) is 5.78 Å². The van der Waals surface area contributed by atoms with E-state index in [4.69, 9.17) is 23.8 Å². The van der Waals surface area contributed by atoms with Crippen LogP contribution in [0.3, 0.4) is 0 Å². The summed E-state index contributed by atoms with van der Waals surface area (Å²) in [4.78, 5) is 19.1. The number of aryl methyl sites for hydroxylation is 2. The number of hydrogen-bond donors (Lipinski definition) is 0. The number of aromatic nitrogens is 4. The second kappa shape index (κ2) is 7.23. The summed E-state index contributed by atoms with van der Waals surface area (Å²) in [5.41, 5.74) is 0.560. The molecule has 2 aliphatic heterocycles. The van der Waals surface area contributed by atoms with E-state index in [0.29, 0.717) is 47.9 Å². The van der Waals surface area contributed by atoms with Gasteiger partial charge in [0.1, 0.15) is 30.8 Å². The summed E-state index contributed by atoms with van der Waals surface area (Å²) in [7, 11) is 0. The number of hydrogen-bond acceptors (Lipinski definition) is 7. The summed E-state index contributed by atoms with van der Waals surface area (Å²) in [6, 6.07) is 4.59. The fourth-order valence-corrected chi connectivity index (χ4v) is 3.79. The van der Waals surface area contributed by atoms with E-state index in [2.05, 4.69) is 10.1 Å². The van der Waals surface area contributed by atoms with Gasteiger partial charge in [-0.2, -0.15) is 4.98 Å². The zero-order valence-corrected chi connectivity index (χ0v) is 16.5. The zero-order valence-electron chi connectivity index (χ0n) is 23.5. The molecule has 0 aliphatic carbocycles. The van der Waals surface area contributed by atoms with Crippen molar-refractivity contribution < 1.29 is 23.8 Å². The average Bonchev–Trinajstić information content (AvgIpc) is 3.14. The lowest BCUT2D eigenvalue weighted by Crippen LogP contribution is -2.39. The van der Waals surface area contributed by atoms with Crippen molar-refractivity contribution in [1.82, 2.24) is 19.2 Å². The van der Waals surface area contributed by atoms with Gasteiger partial charge in [-0.15, -0.1) is 5.10 Å². The maximum atomic E-state index is 12.6. The van der Waals surface area contributed by atoms with Crippen molar-refractivity contribution in [2.24, 2.45) is 6.98 Å². The van der Waals surface area contributed by atoms with Gasteiger partial charge in [0.2, 0.25) is 0 Å². The van der Waals surface area contributed by atoms with E-state index in [1.165, 1.54) is 16.5 Å². The van der Waals surface area contributed by atoms with Gasteiger partial charge in [-0.05, 0) is 26.0 Å². The van der Waals surface area contributed by atoms with Crippen molar-refractivity contribution in [3.8, 4) is 17.2 Å². The molecule has 1 saturated heterocycles. The molecule has 0 N–H and O–H groups in total. The van der Waals surface area contributed by atoms with E-state index < -0.39 is 25.8 Å². The largest absolute Gasteiger partial charge is 0.490 e. The molecule has 0 saturated carbocycles. The lowest BCUT2D eigenvalue weighted by Gasteiger charge is -2.34. The molecule has 5 rings (SSSR count). The highest BCUT2D eigenvalue weighted by Gasteiger charge is 2.25. The topological polar surface area (TPSA) is 83.1 Å². The summed E-state index contributed by atoms with van der Waals surface area (Å²) in [6.07, 6.45) is 1.13. The van der Waals surface area contributed by atoms with Crippen molar-refractivity contribution in [3.05, 3.63) is 39.9 Å². The lowest BCUT2D eigenvalue weighted by molar-refractivity contribution is 0.159. The first kappa shape index (κ1) is 12.5. The molecule has 0 atom stereocenters. The Kier molecular flexibility index (Phi) is 3.00. The molecular formula is C21H25N5O4. The summed E-state index contributed by atoms with van der Waals surface area (Å²) < 4.78 is 71.6. The van der Waals surface area contributed by atoms with Crippen molar-refractivity contribution in [2.45, 2.75) is 32.8 Å². The van der Waals surface area contributed by atoms with E-state index in [0.717, 1.165) is 5.56 Å². The van der Waals surface area contributed by atoms with Gasteiger partial charge in [0, 0.05) is 54.3 Å². The van der Waals surface area contributed by atoms with Crippen LogP contribution in [-0.2, 0) is 6.98 Å². The summed E-state index contributed by atoms with van der Waals surface area (Å²) in [6.45, 7) is -3.25. The van der Waals surface area contributed by atoms with Crippen LogP contribution in [0.1, 0.15) is 33.7 Å². The maximum absolute atomic E-state index is 12.6. The number of rotatable bonds is 3. The molecule has 0 unspecified atom stereocenters. The van der Waals surface area contributed by atoms with Crippen LogP contribution in [0.4, 0.5) is 5.82 Å². The first-order valence-corrected chi connectivity index (χ1v) is 9.61. The van der Waals surface area contributed by atoms with Crippen LogP contribution >= 0.6 is 0 Å². The highest BCUT2D eigenvalue weighted by Crippen LogP contribution is 2.34. The number of fused-ring (bicyclic) bond motifs is 2. The maximum Gasteiger partial charge on any atom is 0.351 e. The van der Waals surface area contributed by atoms with E-state index in [9.17, 15) is 4.79 Å². The number of nitrogens with zero attached hydrogens (tertiary/aromatic N) is 5. The fraction of sp³-hybridized carbons (Fsp3) is 0.476. The van der Waals surface area contributed by atoms with E-state index in [1.54, 1.807) is 13.0 Å². The molecule has 0 bridgehead atoms. The minimum atomic E-state index is -2.71. The predicted octanol–water partition coefficient (Wildman–Crippen LogP) is 1.86. The van der Waals surface area contributed by atoms with Gasteiger partial charge in [0.05, 0.1) is 5.48 Å². The standard InChI is InChI=1S/C21H25N5O4/c1-13-14(2)26-20(23-24(3)21(26)27)22-19(13)25-8-6-15(7-9-25)30-16-4-5-17-18(12-16)29-11-10-28-17/h4-5,12,15H,6-11H2,1-3H3/i3D3,10D2,11D2. The van der Waals surface area contributed by atoms with Crippen LogP contribution in [-0.4, -0.2) is 51.5 Å². The third-order valence-electron chi connectivity index (χ3n) is 5.50. The molecule has 2 aromatic heterocycles. The van der Waals surface area contributed by atoms with Crippen molar-refractivity contribution in [3.63, 3.8) is 0 Å². The molecule has 0 spiro atoms. The van der Waals surface area contributed by atoms with Gasteiger partial charge < -0.3 is 19.1 Å². The zero-order chi connectivity index (χ0) is 26.9. The highest BCUT2D eigenvalue weighted by molar-refractivity contribution is 5.53. The van der Waals surface area contributed by atoms with Crippen LogP contribution in [0, 0.1) is 13.8 Å². The molecule has 3 aromatic rings. The molecule has 2 aliphatic rings. The molecular weight excluding hydrogens is 386 g/mol. The number of ether oxygens (including phenoxy) is 3. The number of benzene rings is 1. The first-order valence-electron chi connectivity index (χ1n) is 13.1. The molecule has 158 valence electrons. The van der Waals surface area contributed by atoms with Gasteiger partial charge in [-0.3, -0.25) is 0 Å². The second-order valence-corrected chi connectivity index (χ2v) is 7.30. The van der Waals surface area contributed by atoms with Crippen molar-refractivity contribution in [1.29, 1.82) is 0 Å². The quantitative estimate of drug-likeness (QED) is 0.642. The first-order chi connectivity index (χ1) is 17.2. The fourth-order valence-electron chi connectivity index (χ4n) is 3.79. The normalized spacial score (nSPS) is 24.1. The molecule has 1 aromatic carbocycles. The summed E-state index contributed by atoms with van der Waals surface area (Å²) >= 11 is 0. The van der Waals surface area contributed by atoms with Crippen LogP contribution in [0.2, 0.25) is 0 Å². The third-order valence-corrected chi connectivity index (χ3v) is 5.50. The van der Waals surface area contributed by atoms with Gasteiger partial charge in [-0.25, -0.2) is 13.9 Å². The number of piperidine rings is 1. The van der Waals surface area contributed by atoms with Crippen molar-refractivity contribution >= 4 is 11.6 Å². The van der Waals surface area contributed by atoms with E-state index in [1.807, 2.05) is 11.8 Å². The van der Waals surface area contributed by atoms with Crippen LogP contribution in [0.5, 0.6) is 17.2 Å². The Morgan fingerprint density at radius 3 is 2.73 bits per heavy atom. The molecule has 9 nitrogen and oxygen atoms in total. The Morgan fingerprint density at radius 1 is 1.20 bits per heavy atom. The van der Waals surface area contributed by atoms with Crippen molar-refractivity contribution in [2.75, 3.05) is 31.1 Å². The van der Waals surface area contributed by atoms with Gasteiger partial charge >= 0.3 is 5.69 Å². The smallest absolute Gasteiger partial charge is 0.351 e. The van der Waals surface area contributed by atoms with Crippen LogP contribution in [0.15, 0.2) is 23.0 Å². The Labute approximate surface area is 183 Å². The second-order valence-electron chi connectivity index (χ2n) is 7.30. The molecule has 0 amide bonds. The Bertz CT molecular complexity index is 1430. The van der Waals surface area contributed by atoms with E-state index >= 15 is 0 Å². The van der Waals surface area contributed by atoms with Gasteiger partial charge in [0.15, 0.2) is 11.5 Å². The Balaban J connectivity index is 1.31. The van der Waals surface area contributed by atoms with E-state index in [-0.39, 0.29) is 23.4 Å². The summed E-state index contributed by atoms with van der Waals surface area (Å²) in [5, 5.41) is 3.94. The molecule has 30 heavy (non-hydrogen) atoms. The minimum absolute atomic E-state index is 0.0260. The Hall–Kier alpha value is -3.23. The summed E-state index contributed by atoms with van der Waals surface area (Å²) in [5.74, 6) is 1.25. The molecule has 1 fully saturated rings. The third kappa shape index (κ3) is 3.14. The van der Waals surface area contributed by atoms with Crippen LogP contribution in [0.25, 0.3) is 5.78 Å². The lowest BCUT2D eigenvalue weighted by atomic mass is 10.1. The van der Waals surface area contributed by atoms with Crippen LogP contribution < -0.4 is 24.8 Å². The Morgan fingerprint density at radius 2 is 1.97 bits per heavy atom. The predicted molar refractivity (Wildman–Crippen MR) is 111 cm³/mol.